The molecule has 4 nitrogen and oxygen atoms in total. The molecule has 2 N–H and O–H groups in total. The third kappa shape index (κ3) is 6230. The maximum absolute atomic E-state index is 9.00. The Kier molecular flexibility index (Phi) is 36.2. The first kappa shape index (κ1) is 22.4. The van der Waals surface area contributed by atoms with Gasteiger partial charge >= 0.3 is 0 Å². The second-order valence-corrected chi connectivity index (χ2v) is 1.04. The summed E-state index contributed by atoms with van der Waals surface area (Å²) in [5.41, 5.74) is 0. The predicted molar refractivity (Wildman–Crippen MR) is 26.6 cm³/mol. The van der Waals surface area contributed by atoms with Gasteiger partial charge in [-0.05, 0) is 0 Å². The molecule has 68 valence electrons. The summed E-state index contributed by atoms with van der Waals surface area (Å²) in [6, 6.07) is 0. The second-order valence-electron chi connectivity index (χ2n) is 1.04. The summed E-state index contributed by atoms with van der Waals surface area (Å²) in [5, 5.41) is 14.8. The first-order chi connectivity index (χ1) is 3.46. The molecule has 0 aromatic rings. The van der Waals surface area contributed by atoms with Crippen molar-refractivity contribution in [2.24, 2.45) is 0 Å². The molecule has 0 fully saturated rings. The van der Waals surface area contributed by atoms with Crippen LogP contribution in [0, 0.1) is 0 Å². The van der Waals surface area contributed by atoms with E-state index in [0.29, 0.717) is 0 Å². The fourth-order valence-electron chi connectivity index (χ4n) is 0. The molecule has 0 saturated heterocycles. The topological polar surface area (TPSA) is 74.6 Å². The minimum Gasteiger partial charge on any atom is -0.481 e. The summed E-state index contributed by atoms with van der Waals surface area (Å²) in [4.78, 5) is 18.0. The molecule has 0 rings (SSSR count). The van der Waals surface area contributed by atoms with Gasteiger partial charge in [-0.25, -0.2) is 0 Å². The standard InChI is InChI=1S/2C2H4O2.2Pd/c2*1-2(3)4;;/h2*1H3,(H,3,4);;. The zero-order valence-electron chi connectivity index (χ0n) is 5.34. The molecular formula is C4H8O4Pd2. The average Bonchev–Trinajstić information content (AvgIpc) is 1.25. The van der Waals surface area contributed by atoms with Gasteiger partial charge in [-0.1, -0.05) is 0 Å². The van der Waals surface area contributed by atoms with E-state index in [1.807, 2.05) is 0 Å². The van der Waals surface area contributed by atoms with Crippen molar-refractivity contribution >= 4 is 11.9 Å². The third-order valence-corrected chi connectivity index (χ3v) is 0. The van der Waals surface area contributed by atoms with Gasteiger partial charge in [-0.15, -0.1) is 0 Å². The summed E-state index contributed by atoms with van der Waals surface area (Å²) in [6.07, 6.45) is 0. The van der Waals surface area contributed by atoms with Crippen molar-refractivity contribution in [3.05, 3.63) is 0 Å². The number of carbonyl (C=O) groups is 2. The second kappa shape index (κ2) is 16.1. The van der Waals surface area contributed by atoms with E-state index < -0.39 is 11.9 Å². The van der Waals surface area contributed by atoms with Crippen LogP contribution < -0.4 is 0 Å². The molecule has 0 heterocycles. The van der Waals surface area contributed by atoms with Crippen LogP contribution in [-0.4, -0.2) is 22.2 Å². The molecule has 0 bridgehead atoms. The van der Waals surface area contributed by atoms with Crippen molar-refractivity contribution in [1.82, 2.24) is 0 Å². The normalized spacial score (nSPS) is 5.00. The zero-order valence-corrected chi connectivity index (χ0v) is 8.45. The number of hydrogen-bond donors (Lipinski definition) is 2. The monoisotopic (exact) mass is 332 g/mol. The van der Waals surface area contributed by atoms with Crippen LogP contribution in [0.4, 0.5) is 0 Å². The molecule has 0 unspecified atom stereocenters. The molecule has 0 aromatic carbocycles. The number of carboxylic acids is 2. The van der Waals surface area contributed by atoms with Crippen molar-refractivity contribution in [2.45, 2.75) is 13.8 Å². The smallest absolute Gasteiger partial charge is 0.300 e. The van der Waals surface area contributed by atoms with E-state index in [-0.39, 0.29) is 40.8 Å². The molecule has 6 heteroatoms. The molecule has 0 atom stereocenters. The predicted octanol–water partition coefficient (Wildman–Crippen LogP) is 0.177. The SMILES string of the molecule is CC(=O)O.CC(=O)O.[Pd].[Pd]. The van der Waals surface area contributed by atoms with E-state index in [0.717, 1.165) is 13.8 Å². The Balaban J connectivity index is -0.0000000300. The number of rotatable bonds is 0. The Labute approximate surface area is 86.3 Å². The molecule has 0 aliphatic carbocycles. The average molecular weight is 333 g/mol. The van der Waals surface area contributed by atoms with E-state index in [9.17, 15) is 0 Å². The van der Waals surface area contributed by atoms with Crippen LogP contribution in [0.3, 0.4) is 0 Å². The van der Waals surface area contributed by atoms with Crippen molar-refractivity contribution in [3.63, 3.8) is 0 Å². The molecular weight excluding hydrogens is 325 g/mol. The fraction of sp³-hybridized carbons (Fsp3) is 0.500. The van der Waals surface area contributed by atoms with Crippen LogP contribution in [0.25, 0.3) is 0 Å². The van der Waals surface area contributed by atoms with E-state index in [1.54, 1.807) is 0 Å². The summed E-state index contributed by atoms with van der Waals surface area (Å²) in [5.74, 6) is -1.67. The summed E-state index contributed by atoms with van der Waals surface area (Å²) >= 11 is 0. The number of carboxylic acid groups (broad SMARTS) is 2. The van der Waals surface area contributed by atoms with Crippen LogP contribution in [0.15, 0.2) is 0 Å². The Bertz CT molecular complexity index is 73.3. The van der Waals surface area contributed by atoms with Crippen molar-refractivity contribution in [2.75, 3.05) is 0 Å². The minimum absolute atomic E-state index is 0. The largest absolute Gasteiger partial charge is 0.481 e. The molecule has 0 aliphatic rings. The van der Waals surface area contributed by atoms with Gasteiger partial charge < -0.3 is 10.2 Å². The molecule has 0 aliphatic heterocycles. The molecule has 0 amide bonds. The number of aliphatic carboxylic acids is 2. The van der Waals surface area contributed by atoms with Gasteiger partial charge in [0.25, 0.3) is 11.9 Å². The first-order valence-electron chi connectivity index (χ1n) is 1.86. The van der Waals surface area contributed by atoms with E-state index >= 15 is 0 Å². The summed E-state index contributed by atoms with van der Waals surface area (Å²) in [7, 11) is 0. The van der Waals surface area contributed by atoms with Crippen LogP contribution in [-0.2, 0) is 50.4 Å². The Morgan fingerprint density at radius 2 is 0.900 bits per heavy atom. The van der Waals surface area contributed by atoms with Gasteiger partial charge in [0, 0.05) is 54.7 Å². The van der Waals surface area contributed by atoms with Gasteiger partial charge in [0.05, 0.1) is 0 Å². The first-order valence-corrected chi connectivity index (χ1v) is 1.86. The molecule has 0 spiro atoms. The van der Waals surface area contributed by atoms with Crippen molar-refractivity contribution < 1.29 is 60.6 Å². The zero-order chi connectivity index (χ0) is 7.15. The van der Waals surface area contributed by atoms with Crippen LogP contribution in [0.5, 0.6) is 0 Å². The maximum atomic E-state index is 9.00. The van der Waals surface area contributed by atoms with Gasteiger partial charge in [-0.2, -0.15) is 0 Å². The number of hydrogen-bond acceptors (Lipinski definition) is 2. The quantitative estimate of drug-likeness (QED) is 0.620. The Morgan fingerprint density at radius 3 is 0.900 bits per heavy atom. The summed E-state index contributed by atoms with van der Waals surface area (Å²) < 4.78 is 0. The molecule has 0 radical (unpaired) electrons. The van der Waals surface area contributed by atoms with Crippen LogP contribution in [0.2, 0.25) is 0 Å². The van der Waals surface area contributed by atoms with Crippen molar-refractivity contribution in [1.29, 1.82) is 0 Å². The van der Waals surface area contributed by atoms with Crippen LogP contribution in [0.1, 0.15) is 13.8 Å². The van der Waals surface area contributed by atoms with Gasteiger partial charge in [0.15, 0.2) is 0 Å². The molecule has 0 saturated carbocycles. The van der Waals surface area contributed by atoms with Gasteiger partial charge in [0.1, 0.15) is 0 Å². The van der Waals surface area contributed by atoms with E-state index in [4.69, 9.17) is 19.8 Å². The van der Waals surface area contributed by atoms with Crippen LogP contribution >= 0.6 is 0 Å². The summed E-state index contributed by atoms with van der Waals surface area (Å²) in [6.45, 7) is 2.17. The Hall–Kier alpha value is 0.265. The van der Waals surface area contributed by atoms with Gasteiger partial charge in [0.2, 0.25) is 0 Å². The minimum atomic E-state index is -0.833. The molecule has 0 aromatic heterocycles. The Morgan fingerprint density at radius 1 is 0.900 bits per heavy atom. The van der Waals surface area contributed by atoms with E-state index in [1.165, 1.54) is 0 Å². The van der Waals surface area contributed by atoms with Crippen molar-refractivity contribution in [3.8, 4) is 0 Å². The van der Waals surface area contributed by atoms with Gasteiger partial charge in [-0.3, -0.25) is 9.59 Å². The molecule has 10 heavy (non-hydrogen) atoms. The van der Waals surface area contributed by atoms with E-state index in [2.05, 4.69) is 0 Å². The maximum Gasteiger partial charge on any atom is 0.300 e. The fourth-order valence-corrected chi connectivity index (χ4v) is 0. The third-order valence-electron chi connectivity index (χ3n) is 0.